The Labute approximate surface area is 128 Å². The van der Waals surface area contributed by atoms with Crippen molar-refractivity contribution in [3.8, 4) is 0 Å². The number of benzene rings is 1. The lowest BCUT2D eigenvalue weighted by Crippen LogP contribution is -2.28. The summed E-state index contributed by atoms with van der Waals surface area (Å²) in [6.07, 6.45) is 4.05. The lowest BCUT2D eigenvalue weighted by atomic mass is 10.1. The van der Waals surface area contributed by atoms with Crippen molar-refractivity contribution in [2.24, 2.45) is 0 Å². The fraction of sp³-hybridized carbons (Fsp3) is 0.235. The summed E-state index contributed by atoms with van der Waals surface area (Å²) in [6.45, 7) is 4.34. The summed E-state index contributed by atoms with van der Waals surface area (Å²) in [4.78, 5) is 15.5. The zero-order valence-corrected chi connectivity index (χ0v) is 12.8. The number of carbonyl (C=O) groups is 1. The van der Waals surface area contributed by atoms with Crippen molar-refractivity contribution < 1.29 is 4.79 Å². The normalized spacial score (nSPS) is 13.7. The average molecular weight is 298 g/mol. The molecule has 0 saturated carbocycles. The first-order chi connectivity index (χ1) is 10.2. The predicted molar refractivity (Wildman–Crippen MR) is 87.9 cm³/mol. The highest BCUT2D eigenvalue weighted by Crippen LogP contribution is 2.19. The molecule has 0 unspecified atom stereocenters. The fourth-order valence-corrected chi connectivity index (χ4v) is 3.20. The van der Waals surface area contributed by atoms with E-state index in [9.17, 15) is 4.79 Å². The summed E-state index contributed by atoms with van der Waals surface area (Å²) in [5, 5.41) is 5.50. The van der Waals surface area contributed by atoms with Crippen LogP contribution in [-0.4, -0.2) is 23.9 Å². The Kier molecular flexibility index (Phi) is 4.06. The van der Waals surface area contributed by atoms with E-state index < -0.39 is 0 Å². The second-order valence-electron chi connectivity index (χ2n) is 5.14. The first kappa shape index (κ1) is 13.9. The van der Waals surface area contributed by atoms with E-state index in [1.807, 2.05) is 41.3 Å². The first-order valence-corrected chi connectivity index (χ1v) is 7.93. The minimum absolute atomic E-state index is 0.0935. The molecule has 3 rings (SSSR count). The van der Waals surface area contributed by atoms with Gasteiger partial charge in [0.25, 0.3) is 5.91 Å². The number of hydrogen-bond acceptors (Lipinski definition) is 3. The van der Waals surface area contributed by atoms with Gasteiger partial charge in [0.1, 0.15) is 0 Å². The monoisotopic (exact) mass is 298 g/mol. The molecule has 108 valence electrons. The SMILES string of the molecule is Cc1ccsc1CNc1cccc(C(=O)N2CC=CC2)c1. The van der Waals surface area contributed by atoms with Crippen molar-refractivity contribution in [2.75, 3.05) is 18.4 Å². The summed E-state index contributed by atoms with van der Waals surface area (Å²) >= 11 is 1.75. The number of carbonyl (C=O) groups excluding carboxylic acids is 1. The van der Waals surface area contributed by atoms with Gasteiger partial charge in [-0.3, -0.25) is 4.79 Å². The summed E-state index contributed by atoms with van der Waals surface area (Å²) in [5.41, 5.74) is 3.04. The first-order valence-electron chi connectivity index (χ1n) is 7.05. The molecule has 2 heterocycles. The van der Waals surface area contributed by atoms with Crippen LogP contribution in [-0.2, 0) is 6.54 Å². The van der Waals surface area contributed by atoms with Gasteiger partial charge in [-0.15, -0.1) is 11.3 Å². The van der Waals surface area contributed by atoms with E-state index >= 15 is 0 Å². The number of anilines is 1. The molecule has 0 fully saturated rings. The molecule has 0 aliphatic carbocycles. The quantitative estimate of drug-likeness (QED) is 0.873. The molecule has 1 N–H and O–H groups in total. The van der Waals surface area contributed by atoms with E-state index in [4.69, 9.17) is 0 Å². The molecule has 0 spiro atoms. The zero-order valence-electron chi connectivity index (χ0n) is 12.0. The number of amides is 1. The molecule has 0 bridgehead atoms. The largest absolute Gasteiger partial charge is 0.380 e. The summed E-state index contributed by atoms with van der Waals surface area (Å²) in [6, 6.07) is 9.87. The second-order valence-corrected chi connectivity index (χ2v) is 6.14. The number of nitrogens with zero attached hydrogens (tertiary/aromatic N) is 1. The topological polar surface area (TPSA) is 32.3 Å². The third kappa shape index (κ3) is 3.16. The molecule has 21 heavy (non-hydrogen) atoms. The predicted octanol–water partition coefficient (Wildman–Crippen LogP) is 3.68. The molecule has 0 radical (unpaired) electrons. The standard InChI is InChI=1S/C17H18N2OS/c1-13-7-10-21-16(13)12-18-15-6-4-5-14(11-15)17(20)19-8-2-3-9-19/h2-7,10-11,18H,8-9,12H2,1H3. The van der Waals surface area contributed by atoms with Crippen LogP contribution in [0.1, 0.15) is 20.8 Å². The van der Waals surface area contributed by atoms with Gasteiger partial charge in [0.15, 0.2) is 0 Å². The Bertz CT molecular complexity index is 667. The number of hydrogen-bond donors (Lipinski definition) is 1. The zero-order chi connectivity index (χ0) is 14.7. The van der Waals surface area contributed by atoms with Gasteiger partial charge in [-0.05, 0) is 42.1 Å². The van der Waals surface area contributed by atoms with Crippen LogP contribution >= 0.6 is 11.3 Å². The molecule has 1 aromatic heterocycles. The molecule has 4 heteroatoms. The Morgan fingerprint density at radius 3 is 2.81 bits per heavy atom. The van der Waals surface area contributed by atoms with Gasteiger partial charge >= 0.3 is 0 Å². The minimum atomic E-state index is 0.0935. The lowest BCUT2D eigenvalue weighted by Gasteiger charge is -2.16. The van der Waals surface area contributed by atoms with E-state index in [1.54, 1.807) is 11.3 Å². The Morgan fingerprint density at radius 2 is 2.10 bits per heavy atom. The maximum absolute atomic E-state index is 12.3. The summed E-state index contributed by atoms with van der Waals surface area (Å²) in [5.74, 6) is 0.0935. The van der Waals surface area contributed by atoms with Crippen molar-refractivity contribution in [2.45, 2.75) is 13.5 Å². The minimum Gasteiger partial charge on any atom is -0.380 e. The number of aryl methyl sites for hydroxylation is 1. The van der Waals surface area contributed by atoms with Gasteiger partial charge in [-0.1, -0.05) is 18.2 Å². The maximum atomic E-state index is 12.3. The van der Waals surface area contributed by atoms with Crippen molar-refractivity contribution in [3.63, 3.8) is 0 Å². The molecule has 1 aromatic carbocycles. The van der Waals surface area contributed by atoms with E-state index in [0.717, 1.165) is 17.8 Å². The van der Waals surface area contributed by atoms with Crippen molar-refractivity contribution >= 4 is 22.9 Å². The van der Waals surface area contributed by atoms with Crippen LogP contribution < -0.4 is 5.32 Å². The third-order valence-corrected chi connectivity index (χ3v) is 4.66. The van der Waals surface area contributed by atoms with Gasteiger partial charge in [-0.2, -0.15) is 0 Å². The van der Waals surface area contributed by atoms with Gasteiger partial charge in [0.05, 0.1) is 0 Å². The molecule has 1 amide bonds. The summed E-state index contributed by atoms with van der Waals surface area (Å²) in [7, 11) is 0. The van der Waals surface area contributed by atoms with Crippen LogP contribution in [0.15, 0.2) is 47.9 Å². The van der Waals surface area contributed by atoms with E-state index in [1.165, 1.54) is 10.4 Å². The van der Waals surface area contributed by atoms with Gasteiger partial charge in [0.2, 0.25) is 0 Å². The highest BCUT2D eigenvalue weighted by molar-refractivity contribution is 7.10. The number of thiophene rings is 1. The van der Waals surface area contributed by atoms with Crippen molar-refractivity contribution in [3.05, 3.63) is 63.9 Å². The molecule has 1 aliphatic heterocycles. The molecular formula is C17H18N2OS. The van der Waals surface area contributed by atoms with Crippen LogP contribution in [0.25, 0.3) is 0 Å². The second kappa shape index (κ2) is 6.14. The lowest BCUT2D eigenvalue weighted by molar-refractivity contribution is 0.0800. The molecule has 0 saturated heterocycles. The highest BCUT2D eigenvalue weighted by atomic mass is 32.1. The molecule has 0 atom stereocenters. The number of nitrogens with one attached hydrogen (secondary N) is 1. The highest BCUT2D eigenvalue weighted by Gasteiger charge is 2.16. The van der Waals surface area contributed by atoms with Crippen LogP contribution in [0.2, 0.25) is 0 Å². The van der Waals surface area contributed by atoms with E-state index in [-0.39, 0.29) is 5.91 Å². The van der Waals surface area contributed by atoms with Crippen molar-refractivity contribution in [1.29, 1.82) is 0 Å². The third-order valence-electron chi connectivity index (χ3n) is 3.64. The Morgan fingerprint density at radius 1 is 1.29 bits per heavy atom. The average Bonchev–Trinajstić information content (AvgIpc) is 3.16. The van der Waals surface area contributed by atoms with Crippen LogP contribution in [0.5, 0.6) is 0 Å². The Hall–Kier alpha value is -2.07. The van der Waals surface area contributed by atoms with Gasteiger partial charge in [0, 0.05) is 35.8 Å². The molecular weight excluding hydrogens is 280 g/mol. The fourth-order valence-electron chi connectivity index (χ4n) is 2.36. The van der Waals surface area contributed by atoms with Crippen LogP contribution in [0.4, 0.5) is 5.69 Å². The van der Waals surface area contributed by atoms with Crippen LogP contribution in [0.3, 0.4) is 0 Å². The van der Waals surface area contributed by atoms with Gasteiger partial charge in [-0.25, -0.2) is 0 Å². The van der Waals surface area contributed by atoms with Gasteiger partial charge < -0.3 is 10.2 Å². The molecule has 1 aliphatic rings. The number of rotatable bonds is 4. The maximum Gasteiger partial charge on any atom is 0.254 e. The van der Waals surface area contributed by atoms with E-state index in [2.05, 4.69) is 23.7 Å². The van der Waals surface area contributed by atoms with E-state index in [0.29, 0.717) is 13.1 Å². The smallest absolute Gasteiger partial charge is 0.254 e. The summed E-state index contributed by atoms with van der Waals surface area (Å²) < 4.78 is 0. The Balaban J connectivity index is 1.68. The van der Waals surface area contributed by atoms with Crippen LogP contribution in [0, 0.1) is 6.92 Å². The molecule has 3 nitrogen and oxygen atoms in total. The van der Waals surface area contributed by atoms with Crippen molar-refractivity contribution in [1.82, 2.24) is 4.90 Å². The molecule has 2 aromatic rings.